The van der Waals surface area contributed by atoms with E-state index in [1.807, 2.05) is 48.5 Å². The van der Waals surface area contributed by atoms with Gasteiger partial charge in [-0.3, -0.25) is 0 Å². The largest absolute Gasteiger partial charge is 0.354 e. The fraction of sp³-hybridized carbons (Fsp3) is 0. The molecule has 7 aromatic rings. The van der Waals surface area contributed by atoms with E-state index in [1.54, 1.807) is 0 Å². The van der Waals surface area contributed by atoms with Crippen LogP contribution in [-0.4, -0.2) is 4.98 Å². The second kappa shape index (κ2) is 8.96. The standard InChI is InChI=1S/C36H25N/c1-3-13-25(14-4-1)27-17-7-8-18-28(27)29-19-9-10-20-30(29)31-23-24-34-36(32-21-11-12-22-33(32)37-34)35(31)26-15-5-2-6-16-26/h1-24,37H/i23D,24D. The molecule has 0 saturated carbocycles. The van der Waals surface area contributed by atoms with Gasteiger partial charge in [0.15, 0.2) is 0 Å². The molecule has 0 bridgehead atoms. The molecule has 0 atom stereocenters. The number of nitrogens with one attached hydrogen (secondary N) is 1. The summed E-state index contributed by atoms with van der Waals surface area (Å²) in [4.78, 5) is 3.45. The summed E-state index contributed by atoms with van der Waals surface area (Å²) < 4.78 is 18.5. The summed E-state index contributed by atoms with van der Waals surface area (Å²) in [5.74, 6) is 0. The maximum atomic E-state index is 9.35. The zero-order valence-corrected chi connectivity index (χ0v) is 20.2. The molecule has 0 fully saturated rings. The zero-order valence-electron chi connectivity index (χ0n) is 22.2. The highest BCUT2D eigenvalue weighted by Crippen LogP contribution is 2.45. The summed E-state index contributed by atoms with van der Waals surface area (Å²) in [5, 5.41) is 2.04. The molecule has 6 aromatic carbocycles. The average molecular weight is 474 g/mol. The molecule has 37 heavy (non-hydrogen) atoms. The summed E-state index contributed by atoms with van der Waals surface area (Å²) in [6.07, 6.45) is 0. The highest BCUT2D eigenvalue weighted by molar-refractivity contribution is 6.18. The lowest BCUT2D eigenvalue weighted by molar-refractivity contribution is 1.53. The molecule has 0 unspecified atom stereocenters. The van der Waals surface area contributed by atoms with E-state index in [0.717, 1.165) is 60.8 Å². The number of fused-ring (bicyclic) bond motifs is 3. The fourth-order valence-corrected chi connectivity index (χ4v) is 5.43. The van der Waals surface area contributed by atoms with Crippen LogP contribution in [0.2, 0.25) is 0 Å². The Bertz CT molecular complexity index is 1970. The summed E-state index contributed by atoms with van der Waals surface area (Å²) in [6, 6.07) is 46.1. The Morgan fingerprint density at radius 3 is 1.62 bits per heavy atom. The van der Waals surface area contributed by atoms with Crippen LogP contribution >= 0.6 is 0 Å². The average Bonchev–Trinajstić information content (AvgIpc) is 3.39. The van der Waals surface area contributed by atoms with Gasteiger partial charge in [-0.2, -0.15) is 0 Å². The highest BCUT2D eigenvalue weighted by Gasteiger charge is 2.19. The van der Waals surface area contributed by atoms with E-state index in [2.05, 4.69) is 89.9 Å². The lowest BCUT2D eigenvalue weighted by atomic mass is 9.85. The van der Waals surface area contributed by atoms with E-state index in [0.29, 0.717) is 5.52 Å². The Balaban J connectivity index is 1.62. The van der Waals surface area contributed by atoms with Crippen LogP contribution in [0.1, 0.15) is 2.74 Å². The lowest BCUT2D eigenvalue weighted by Gasteiger charge is -2.18. The molecule has 0 radical (unpaired) electrons. The predicted octanol–water partition coefficient (Wildman–Crippen LogP) is 9.99. The molecular formula is C36H25N. The molecule has 1 heterocycles. The van der Waals surface area contributed by atoms with E-state index in [-0.39, 0.29) is 12.1 Å². The highest BCUT2D eigenvalue weighted by atomic mass is 14.7. The second-order valence-corrected chi connectivity index (χ2v) is 9.24. The third-order valence-corrected chi connectivity index (χ3v) is 7.08. The molecule has 7 rings (SSSR count). The Kier molecular flexibility index (Phi) is 4.68. The molecule has 0 aliphatic carbocycles. The van der Waals surface area contributed by atoms with Gasteiger partial charge >= 0.3 is 0 Å². The van der Waals surface area contributed by atoms with Gasteiger partial charge in [0.25, 0.3) is 0 Å². The van der Waals surface area contributed by atoms with E-state index in [4.69, 9.17) is 1.37 Å². The smallest absolute Gasteiger partial charge is 0.0645 e. The monoisotopic (exact) mass is 473 g/mol. The van der Waals surface area contributed by atoms with Crippen molar-refractivity contribution in [2.24, 2.45) is 0 Å². The first-order valence-corrected chi connectivity index (χ1v) is 12.6. The molecule has 0 saturated heterocycles. The van der Waals surface area contributed by atoms with Gasteiger partial charge < -0.3 is 4.98 Å². The van der Waals surface area contributed by atoms with Crippen LogP contribution in [-0.2, 0) is 0 Å². The van der Waals surface area contributed by atoms with Crippen molar-refractivity contribution in [2.45, 2.75) is 0 Å². The zero-order chi connectivity index (χ0) is 26.3. The first-order chi connectivity index (χ1) is 19.2. The molecule has 1 aromatic heterocycles. The van der Waals surface area contributed by atoms with Gasteiger partial charge in [-0.15, -0.1) is 0 Å². The van der Waals surface area contributed by atoms with Crippen molar-refractivity contribution in [3.63, 3.8) is 0 Å². The third kappa shape index (κ3) is 3.64. The molecule has 0 spiro atoms. The maximum Gasteiger partial charge on any atom is 0.0645 e. The quantitative estimate of drug-likeness (QED) is 0.262. The van der Waals surface area contributed by atoms with Gasteiger partial charge in [-0.05, 0) is 56.6 Å². The summed E-state index contributed by atoms with van der Waals surface area (Å²) in [7, 11) is 0. The van der Waals surface area contributed by atoms with Gasteiger partial charge in [0, 0.05) is 21.8 Å². The van der Waals surface area contributed by atoms with Crippen molar-refractivity contribution in [1.82, 2.24) is 4.98 Å². The van der Waals surface area contributed by atoms with E-state index < -0.39 is 0 Å². The van der Waals surface area contributed by atoms with Crippen LogP contribution < -0.4 is 0 Å². The van der Waals surface area contributed by atoms with Crippen molar-refractivity contribution in [3.8, 4) is 44.5 Å². The van der Waals surface area contributed by atoms with Crippen molar-refractivity contribution >= 4 is 21.8 Å². The molecule has 0 aliphatic rings. The molecule has 1 nitrogen and oxygen atoms in total. The Morgan fingerprint density at radius 1 is 0.405 bits per heavy atom. The van der Waals surface area contributed by atoms with Crippen molar-refractivity contribution < 1.29 is 2.74 Å². The van der Waals surface area contributed by atoms with Crippen molar-refractivity contribution in [2.75, 3.05) is 0 Å². The van der Waals surface area contributed by atoms with Gasteiger partial charge in [0.05, 0.1) is 2.74 Å². The number of hydrogen-bond acceptors (Lipinski definition) is 0. The fourth-order valence-electron chi connectivity index (χ4n) is 5.43. The van der Waals surface area contributed by atoms with Crippen LogP contribution in [0.5, 0.6) is 0 Å². The van der Waals surface area contributed by atoms with E-state index in [9.17, 15) is 1.37 Å². The minimum atomic E-state index is 0.210. The molecule has 1 heteroatoms. The van der Waals surface area contributed by atoms with Crippen LogP contribution in [0.4, 0.5) is 0 Å². The molecular weight excluding hydrogens is 446 g/mol. The van der Waals surface area contributed by atoms with Crippen molar-refractivity contribution in [3.05, 3.63) is 146 Å². The summed E-state index contributed by atoms with van der Waals surface area (Å²) in [5.41, 5.74) is 9.83. The molecule has 0 aliphatic heterocycles. The summed E-state index contributed by atoms with van der Waals surface area (Å²) in [6.45, 7) is 0. The topological polar surface area (TPSA) is 15.8 Å². The van der Waals surface area contributed by atoms with Gasteiger partial charge in [-0.25, -0.2) is 0 Å². The third-order valence-electron chi connectivity index (χ3n) is 7.08. The van der Waals surface area contributed by atoms with Gasteiger partial charge in [-0.1, -0.05) is 133 Å². The van der Waals surface area contributed by atoms with E-state index in [1.165, 1.54) is 0 Å². The van der Waals surface area contributed by atoms with Crippen molar-refractivity contribution in [1.29, 1.82) is 0 Å². The molecule has 1 N–H and O–H groups in total. The van der Waals surface area contributed by atoms with E-state index >= 15 is 0 Å². The second-order valence-electron chi connectivity index (χ2n) is 9.24. The lowest BCUT2D eigenvalue weighted by Crippen LogP contribution is -1.92. The van der Waals surface area contributed by atoms with Gasteiger partial charge in [0.1, 0.15) is 0 Å². The maximum absolute atomic E-state index is 9.35. The first kappa shape index (κ1) is 19.3. The number of hydrogen-bond donors (Lipinski definition) is 1. The van der Waals surface area contributed by atoms with Crippen LogP contribution in [0, 0.1) is 0 Å². The Labute approximate surface area is 219 Å². The SMILES string of the molecule is [2H]c1c(-c2ccccc2-c2ccccc2-c2ccccc2)c(-c2ccccc2)c2c([nH]c3ccccc32)c1[2H]. The van der Waals surface area contributed by atoms with Crippen LogP contribution in [0.3, 0.4) is 0 Å². The number of rotatable bonds is 4. The number of H-pyrrole nitrogens is 1. The Morgan fingerprint density at radius 2 is 0.919 bits per heavy atom. The minimum absolute atomic E-state index is 0.210. The minimum Gasteiger partial charge on any atom is -0.354 e. The molecule has 174 valence electrons. The normalized spacial score (nSPS) is 12.0. The Hall–Kier alpha value is -4.88. The number of aromatic amines is 1. The first-order valence-electron chi connectivity index (χ1n) is 13.6. The number of aromatic nitrogens is 1. The van der Waals surface area contributed by atoms with Gasteiger partial charge in [0.2, 0.25) is 0 Å². The van der Waals surface area contributed by atoms with Crippen LogP contribution in [0.15, 0.2) is 146 Å². The molecule has 0 amide bonds. The summed E-state index contributed by atoms with van der Waals surface area (Å²) >= 11 is 0. The van der Waals surface area contributed by atoms with Crippen LogP contribution in [0.25, 0.3) is 66.3 Å². The number of para-hydroxylation sites is 1. The predicted molar refractivity (Wildman–Crippen MR) is 158 cm³/mol. The number of benzene rings is 6.